The van der Waals surface area contributed by atoms with Crippen LogP contribution in [0, 0.1) is 17.8 Å². The predicted octanol–water partition coefficient (Wildman–Crippen LogP) is 2.61. The molecule has 0 saturated heterocycles. The highest BCUT2D eigenvalue weighted by molar-refractivity contribution is 5.85. The molecule has 20 heavy (non-hydrogen) atoms. The number of amides is 1. The van der Waals surface area contributed by atoms with Crippen molar-refractivity contribution in [1.82, 2.24) is 5.32 Å². The maximum atomic E-state index is 12.3. The van der Waals surface area contributed by atoms with Crippen LogP contribution in [0.2, 0.25) is 0 Å². The summed E-state index contributed by atoms with van der Waals surface area (Å²) in [6.07, 6.45) is 1.25. The quantitative estimate of drug-likeness (QED) is 0.887. The zero-order valence-electron chi connectivity index (χ0n) is 11.9. The molecule has 1 aromatic carbocycles. The lowest BCUT2D eigenvalue weighted by atomic mass is 9.94. The second kappa shape index (κ2) is 6.07. The van der Waals surface area contributed by atoms with E-state index in [1.807, 2.05) is 44.2 Å². The maximum Gasteiger partial charge on any atom is 0.307 e. The minimum atomic E-state index is -0.859. The van der Waals surface area contributed by atoms with Gasteiger partial charge in [-0.2, -0.15) is 0 Å². The summed E-state index contributed by atoms with van der Waals surface area (Å²) in [6.45, 7) is 3.92. The molecule has 1 aliphatic carbocycles. The van der Waals surface area contributed by atoms with E-state index in [-0.39, 0.29) is 11.9 Å². The van der Waals surface area contributed by atoms with Crippen molar-refractivity contribution in [3.8, 4) is 0 Å². The van der Waals surface area contributed by atoms with E-state index >= 15 is 0 Å². The lowest BCUT2D eigenvalue weighted by Gasteiger charge is -2.20. The topological polar surface area (TPSA) is 66.4 Å². The average molecular weight is 275 g/mol. The number of carboxylic acid groups (broad SMARTS) is 1. The van der Waals surface area contributed by atoms with Gasteiger partial charge in [0.15, 0.2) is 0 Å². The van der Waals surface area contributed by atoms with Crippen molar-refractivity contribution in [2.45, 2.75) is 32.7 Å². The molecule has 4 nitrogen and oxygen atoms in total. The number of aliphatic carboxylic acids is 1. The van der Waals surface area contributed by atoms with Gasteiger partial charge in [-0.05, 0) is 31.2 Å². The van der Waals surface area contributed by atoms with Gasteiger partial charge in [0.1, 0.15) is 0 Å². The first-order valence-corrected chi connectivity index (χ1v) is 7.07. The zero-order chi connectivity index (χ0) is 14.7. The van der Waals surface area contributed by atoms with Crippen molar-refractivity contribution in [3.63, 3.8) is 0 Å². The average Bonchev–Trinajstić information content (AvgIpc) is 2.82. The summed E-state index contributed by atoms with van der Waals surface area (Å²) in [6, 6.07) is 9.59. The smallest absolute Gasteiger partial charge is 0.307 e. The fraction of sp³-hybridized carbons (Fsp3) is 0.500. The number of benzene rings is 1. The summed E-state index contributed by atoms with van der Waals surface area (Å²) in [5.74, 6) is -1.67. The first kappa shape index (κ1) is 14.6. The van der Waals surface area contributed by atoms with E-state index in [0.29, 0.717) is 18.8 Å². The molecule has 0 aliphatic heterocycles. The second-order valence-corrected chi connectivity index (χ2v) is 5.77. The van der Waals surface area contributed by atoms with Gasteiger partial charge in [-0.15, -0.1) is 0 Å². The molecule has 0 heterocycles. The minimum absolute atomic E-state index is 0.103. The molecule has 0 spiro atoms. The van der Waals surface area contributed by atoms with Crippen LogP contribution in [-0.2, 0) is 9.59 Å². The maximum absolute atomic E-state index is 12.3. The van der Waals surface area contributed by atoms with E-state index in [0.717, 1.165) is 5.56 Å². The summed E-state index contributed by atoms with van der Waals surface area (Å²) in [7, 11) is 0. The SMILES string of the molecule is CC1CC(C(=O)O)C(C(=O)N[C@@H](C)c2ccccc2)C1. The summed E-state index contributed by atoms with van der Waals surface area (Å²) in [5.41, 5.74) is 1.03. The molecule has 2 N–H and O–H groups in total. The number of carbonyl (C=O) groups excluding carboxylic acids is 1. The summed E-state index contributed by atoms with van der Waals surface area (Å²) in [5, 5.41) is 12.2. The normalized spacial score (nSPS) is 27.0. The Morgan fingerprint density at radius 3 is 2.40 bits per heavy atom. The number of nitrogens with one attached hydrogen (secondary N) is 1. The van der Waals surface area contributed by atoms with E-state index < -0.39 is 17.8 Å². The number of hydrogen-bond donors (Lipinski definition) is 2. The fourth-order valence-electron chi connectivity index (χ4n) is 3.00. The van der Waals surface area contributed by atoms with Crippen LogP contribution >= 0.6 is 0 Å². The second-order valence-electron chi connectivity index (χ2n) is 5.77. The molecule has 1 saturated carbocycles. The molecule has 4 heteroatoms. The van der Waals surface area contributed by atoms with Gasteiger partial charge in [0.2, 0.25) is 5.91 Å². The Balaban J connectivity index is 2.02. The molecule has 108 valence electrons. The van der Waals surface area contributed by atoms with Gasteiger partial charge in [0.05, 0.1) is 17.9 Å². The first-order valence-electron chi connectivity index (χ1n) is 7.07. The zero-order valence-corrected chi connectivity index (χ0v) is 11.9. The molecule has 1 aliphatic rings. The van der Waals surface area contributed by atoms with Crippen LogP contribution in [-0.4, -0.2) is 17.0 Å². The number of rotatable bonds is 4. The van der Waals surface area contributed by atoms with Gasteiger partial charge >= 0.3 is 5.97 Å². The molecule has 0 aromatic heterocycles. The highest BCUT2D eigenvalue weighted by atomic mass is 16.4. The van der Waals surface area contributed by atoms with Crippen LogP contribution < -0.4 is 5.32 Å². The number of carboxylic acids is 1. The Morgan fingerprint density at radius 2 is 1.80 bits per heavy atom. The van der Waals surface area contributed by atoms with Crippen LogP contribution in [0.15, 0.2) is 30.3 Å². The molecule has 0 radical (unpaired) electrons. The van der Waals surface area contributed by atoms with E-state index in [2.05, 4.69) is 5.32 Å². The minimum Gasteiger partial charge on any atom is -0.481 e. The highest BCUT2D eigenvalue weighted by Crippen LogP contribution is 2.36. The van der Waals surface area contributed by atoms with Crippen molar-refractivity contribution in [3.05, 3.63) is 35.9 Å². The Kier molecular flexibility index (Phi) is 4.42. The molecule has 1 fully saturated rings. The van der Waals surface area contributed by atoms with Crippen molar-refractivity contribution in [2.75, 3.05) is 0 Å². The van der Waals surface area contributed by atoms with E-state index in [9.17, 15) is 14.7 Å². The van der Waals surface area contributed by atoms with Crippen molar-refractivity contribution < 1.29 is 14.7 Å². The van der Waals surface area contributed by atoms with Crippen LogP contribution in [0.3, 0.4) is 0 Å². The first-order chi connectivity index (χ1) is 9.49. The number of carbonyl (C=O) groups is 2. The van der Waals surface area contributed by atoms with Crippen LogP contribution in [0.1, 0.15) is 38.3 Å². The Bertz CT molecular complexity index is 486. The van der Waals surface area contributed by atoms with Gasteiger partial charge in [0, 0.05) is 0 Å². The molecule has 0 bridgehead atoms. The third-order valence-corrected chi connectivity index (χ3v) is 4.11. The van der Waals surface area contributed by atoms with Gasteiger partial charge in [-0.1, -0.05) is 37.3 Å². The molecule has 3 unspecified atom stereocenters. The Hall–Kier alpha value is -1.84. The summed E-state index contributed by atoms with van der Waals surface area (Å²) in [4.78, 5) is 23.6. The lowest BCUT2D eigenvalue weighted by Crippen LogP contribution is -2.36. The summed E-state index contributed by atoms with van der Waals surface area (Å²) < 4.78 is 0. The Morgan fingerprint density at radius 1 is 1.20 bits per heavy atom. The number of hydrogen-bond acceptors (Lipinski definition) is 2. The Labute approximate surface area is 119 Å². The third-order valence-electron chi connectivity index (χ3n) is 4.11. The predicted molar refractivity (Wildman–Crippen MR) is 76.0 cm³/mol. The van der Waals surface area contributed by atoms with Crippen molar-refractivity contribution >= 4 is 11.9 Å². The van der Waals surface area contributed by atoms with Crippen molar-refractivity contribution in [1.29, 1.82) is 0 Å². The van der Waals surface area contributed by atoms with Crippen molar-refractivity contribution in [2.24, 2.45) is 17.8 Å². The summed E-state index contributed by atoms with van der Waals surface area (Å²) >= 11 is 0. The molecule has 1 amide bonds. The van der Waals surface area contributed by atoms with Gasteiger partial charge < -0.3 is 10.4 Å². The highest BCUT2D eigenvalue weighted by Gasteiger charge is 2.41. The van der Waals surface area contributed by atoms with Crippen LogP contribution in [0.4, 0.5) is 0 Å². The standard InChI is InChI=1S/C16H21NO3/c1-10-8-13(14(9-10)16(19)20)15(18)17-11(2)12-6-4-3-5-7-12/h3-7,10-11,13-14H,8-9H2,1-2H3,(H,17,18)(H,19,20)/t10?,11-,13?,14?/m0/s1. The fourth-order valence-corrected chi connectivity index (χ4v) is 3.00. The monoisotopic (exact) mass is 275 g/mol. The lowest BCUT2D eigenvalue weighted by molar-refractivity contribution is -0.146. The van der Waals surface area contributed by atoms with Gasteiger partial charge in [0.25, 0.3) is 0 Å². The molecular weight excluding hydrogens is 254 g/mol. The van der Waals surface area contributed by atoms with E-state index in [1.165, 1.54) is 0 Å². The van der Waals surface area contributed by atoms with Gasteiger partial charge in [-0.25, -0.2) is 0 Å². The van der Waals surface area contributed by atoms with Crippen LogP contribution in [0.5, 0.6) is 0 Å². The van der Waals surface area contributed by atoms with E-state index in [4.69, 9.17) is 0 Å². The molecular formula is C16H21NO3. The van der Waals surface area contributed by atoms with Crippen LogP contribution in [0.25, 0.3) is 0 Å². The largest absolute Gasteiger partial charge is 0.481 e. The third kappa shape index (κ3) is 3.18. The van der Waals surface area contributed by atoms with Gasteiger partial charge in [-0.3, -0.25) is 9.59 Å². The molecule has 2 rings (SSSR count). The molecule has 1 aromatic rings. The van der Waals surface area contributed by atoms with E-state index in [1.54, 1.807) is 0 Å². The molecule has 4 atom stereocenters.